The third-order valence-corrected chi connectivity index (χ3v) is 8.62. The molecule has 2 aliphatic heterocycles. The van der Waals surface area contributed by atoms with E-state index < -0.39 is 10.0 Å². The molecule has 158 valence electrons. The lowest BCUT2D eigenvalue weighted by atomic mass is 10.2. The monoisotopic (exact) mass is 437 g/mol. The van der Waals surface area contributed by atoms with E-state index >= 15 is 0 Å². The van der Waals surface area contributed by atoms with Crippen LogP contribution in [0.3, 0.4) is 0 Å². The van der Waals surface area contributed by atoms with Crippen molar-refractivity contribution in [2.45, 2.75) is 31.1 Å². The molecule has 29 heavy (non-hydrogen) atoms. The standard InChI is InChI=1S/C20H27N3O4S2/c1-16-19(29(25,26)23-7-2-3-8-23)15-18(27-16)20(24)22-12-10-21(11-13-22)9-6-17-5-4-14-28-17/h4-5,14-15H,2-3,6-13H2,1H3. The molecule has 0 aliphatic carbocycles. The van der Waals surface area contributed by atoms with Gasteiger partial charge in [-0.3, -0.25) is 9.69 Å². The van der Waals surface area contributed by atoms with Crippen molar-refractivity contribution in [3.8, 4) is 0 Å². The number of rotatable bonds is 6. The van der Waals surface area contributed by atoms with Gasteiger partial charge < -0.3 is 9.32 Å². The van der Waals surface area contributed by atoms with Gasteiger partial charge in [0.05, 0.1) is 0 Å². The van der Waals surface area contributed by atoms with Crippen LogP contribution in [0.2, 0.25) is 0 Å². The van der Waals surface area contributed by atoms with Crippen molar-refractivity contribution in [2.24, 2.45) is 0 Å². The van der Waals surface area contributed by atoms with Crippen LogP contribution < -0.4 is 0 Å². The highest BCUT2D eigenvalue weighted by Crippen LogP contribution is 2.27. The molecule has 7 nitrogen and oxygen atoms in total. The van der Waals surface area contributed by atoms with E-state index in [1.165, 1.54) is 15.2 Å². The van der Waals surface area contributed by atoms with Crippen molar-refractivity contribution in [3.05, 3.63) is 40.0 Å². The molecule has 1 amide bonds. The normalized spacial score (nSPS) is 19.1. The topological polar surface area (TPSA) is 74.1 Å². The van der Waals surface area contributed by atoms with Gasteiger partial charge in [0.1, 0.15) is 10.7 Å². The molecule has 2 saturated heterocycles. The van der Waals surface area contributed by atoms with Crippen LogP contribution in [0, 0.1) is 6.92 Å². The van der Waals surface area contributed by atoms with Gasteiger partial charge in [-0.25, -0.2) is 8.42 Å². The van der Waals surface area contributed by atoms with Gasteiger partial charge in [-0.15, -0.1) is 11.3 Å². The van der Waals surface area contributed by atoms with Crippen molar-refractivity contribution in [1.29, 1.82) is 0 Å². The van der Waals surface area contributed by atoms with Gasteiger partial charge in [0, 0.05) is 56.8 Å². The second-order valence-corrected chi connectivity index (χ2v) is 10.5. The molecule has 0 N–H and O–H groups in total. The molecule has 2 fully saturated rings. The van der Waals surface area contributed by atoms with E-state index in [0.29, 0.717) is 26.2 Å². The summed E-state index contributed by atoms with van der Waals surface area (Å²) >= 11 is 1.77. The Kier molecular flexibility index (Phi) is 6.10. The first kappa shape index (κ1) is 20.6. The predicted octanol–water partition coefficient (Wildman–Crippen LogP) is 2.43. The summed E-state index contributed by atoms with van der Waals surface area (Å²) in [7, 11) is -3.59. The lowest BCUT2D eigenvalue weighted by molar-refractivity contribution is 0.0606. The molecule has 0 bridgehead atoms. The van der Waals surface area contributed by atoms with Crippen LogP contribution in [-0.4, -0.2) is 74.2 Å². The Hall–Kier alpha value is -1.68. The van der Waals surface area contributed by atoms with E-state index in [9.17, 15) is 13.2 Å². The van der Waals surface area contributed by atoms with E-state index in [2.05, 4.69) is 22.4 Å². The minimum absolute atomic E-state index is 0.118. The van der Waals surface area contributed by atoms with Gasteiger partial charge >= 0.3 is 0 Å². The second kappa shape index (κ2) is 8.59. The van der Waals surface area contributed by atoms with Crippen LogP contribution in [-0.2, 0) is 16.4 Å². The van der Waals surface area contributed by atoms with E-state index in [-0.39, 0.29) is 22.3 Å². The molecule has 2 aromatic heterocycles. The van der Waals surface area contributed by atoms with Gasteiger partial charge in [0.25, 0.3) is 5.91 Å². The molecule has 4 heterocycles. The van der Waals surface area contributed by atoms with Crippen molar-refractivity contribution in [1.82, 2.24) is 14.1 Å². The zero-order valence-electron chi connectivity index (χ0n) is 16.7. The Morgan fingerprint density at radius 1 is 1.14 bits per heavy atom. The molecule has 0 radical (unpaired) electrons. The first-order valence-corrected chi connectivity index (χ1v) is 12.4. The fraction of sp³-hybridized carbons (Fsp3) is 0.550. The zero-order valence-corrected chi connectivity index (χ0v) is 18.3. The van der Waals surface area contributed by atoms with Gasteiger partial charge in [0.2, 0.25) is 10.0 Å². The second-order valence-electron chi connectivity index (χ2n) is 7.61. The SMILES string of the molecule is Cc1oc(C(=O)N2CCN(CCc3cccs3)CC2)cc1S(=O)(=O)N1CCCC1. The Morgan fingerprint density at radius 3 is 2.52 bits per heavy atom. The minimum atomic E-state index is -3.59. The molecule has 0 spiro atoms. The van der Waals surface area contributed by atoms with E-state index in [1.807, 2.05) is 0 Å². The Labute approximate surface area is 175 Å². The van der Waals surface area contributed by atoms with Crippen LogP contribution in [0.25, 0.3) is 0 Å². The average molecular weight is 438 g/mol. The summed E-state index contributed by atoms with van der Waals surface area (Å²) in [6, 6.07) is 5.63. The van der Waals surface area contributed by atoms with Gasteiger partial charge in [0.15, 0.2) is 5.76 Å². The largest absolute Gasteiger partial charge is 0.455 e. The number of carbonyl (C=O) groups excluding carboxylic acids is 1. The lowest BCUT2D eigenvalue weighted by Crippen LogP contribution is -2.49. The number of amides is 1. The fourth-order valence-electron chi connectivity index (χ4n) is 3.95. The van der Waals surface area contributed by atoms with Gasteiger partial charge in [-0.05, 0) is 37.6 Å². The molecule has 9 heteroatoms. The quantitative estimate of drug-likeness (QED) is 0.694. The van der Waals surface area contributed by atoms with Gasteiger partial charge in [-0.2, -0.15) is 4.31 Å². The van der Waals surface area contributed by atoms with Crippen molar-refractivity contribution < 1.29 is 17.6 Å². The molecule has 2 aliphatic rings. The number of sulfonamides is 1. The fourth-order valence-corrected chi connectivity index (χ4v) is 6.32. The van der Waals surface area contributed by atoms with E-state index in [0.717, 1.165) is 38.9 Å². The van der Waals surface area contributed by atoms with Crippen molar-refractivity contribution in [3.63, 3.8) is 0 Å². The number of hydrogen-bond donors (Lipinski definition) is 0. The first-order chi connectivity index (χ1) is 13.9. The first-order valence-electron chi connectivity index (χ1n) is 10.1. The smallest absolute Gasteiger partial charge is 0.289 e. The van der Waals surface area contributed by atoms with Crippen molar-refractivity contribution in [2.75, 3.05) is 45.8 Å². The highest BCUT2D eigenvalue weighted by molar-refractivity contribution is 7.89. The van der Waals surface area contributed by atoms with Crippen LogP contribution in [0.4, 0.5) is 0 Å². The van der Waals surface area contributed by atoms with E-state index in [4.69, 9.17) is 4.42 Å². The molecule has 2 aromatic rings. The molecular formula is C20H27N3O4S2. The Bertz CT molecular complexity index is 939. The summed E-state index contributed by atoms with van der Waals surface area (Å²) in [5, 5.41) is 2.09. The maximum Gasteiger partial charge on any atom is 0.289 e. The summed E-state index contributed by atoms with van der Waals surface area (Å²) in [6.07, 6.45) is 2.78. The third kappa shape index (κ3) is 4.42. The lowest BCUT2D eigenvalue weighted by Gasteiger charge is -2.34. The highest BCUT2D eigenvalue weighted by Gasteiger charge is 2.33. The average Bonchev–Trinajstić information content (AvgIpc) is 3.47. The Balaban J connectivity index is 1.37. The molecule has 0 unspecified atom stereocenters. The van der Waals surface area contributed by atoms with Crippen LogP contribution in [0.5, 0.6) is 0 Å². The molecular weight excluding hydrogens is 410 g/mol. The molecule has 0 aromatic carbocycles. The minimum Gasteiger partial charge on any atom is -0.455 e. The maximum absolute atomic E-state index is 12.9. The summed E-state index contributed by atoms with van der Waals surface area (Å²) < 4.78 is 32.7. The number of hydrogen-bond acceptors (Lipinski definition) is 6. The summed E-state index contributed by atoms with van der Waals surface area (Å²) in [6.45, 7) is 6.54. The third-order valence-electron chi connectivity index (χ3n) is 5.68. The summed E-state index contributed by atoms with van der Waals surface area (Å²) in [4.78, 5) is 18.5. The van der Waals surface area contributed by atoms with Crippen LogP contribution in [0.1, 0.15) is 34.0 Å². The van der Waals surface area contributed by atoms with Crippen LogP contribution in [0.15, 0.2) is 32.9 Å². The number of carbonyl (C=O) groups is 1. The number of furan rings is 1. The summed E-state index contributed by atoms with van der Waals surface area (Å²) in [5.41, 5.74) is 0. The number of thiophene rings is 1. The Morgan fingerprint density at radius 2 is 1.86 bits per heavy atom. The zero-order chi connectivity index (χ0) is 20.4. The summed E-state index contributed by atoms with van der Waals surface area (Å²) in [5.74, 6) is 0.177. The highest BCUT2D eigenvalue weighted by atomic mass is 32.2. The molecule has 0 atom stereocenters. The predicted molar refractivity (Wildman–Crippen MR) is 112 cm³/mol. The van der Waals surface area contributed by atoms with Crippen LogP contribution >= 0.6 is 11.3 Å². The van der Waals surface area contributed by atoms with Crippen molar-refractivity contribution >= 4 is 27.3 Å². The number of nitrogens with zero attached hydrogens (tertiary/aromatic N) is 3. The van der Waals surface area contributed by atoms with E-state index in [1.54, 1.807) is 23.2 Å². The number of piperazine rings is 1. The molecule has 4 rings (SSSR count). The molecule has 0 saturated carbocycles. The number of aryl methyl sites for hydroxylation is 1. The maximum atomic E-state index is 12.9. The van der Waals surface area contributed by atoms with Gasteiger partial charge in [-0.1, -0.05) is 6.07 Å².